The molecule has 0 unspecified atom stereocenters. The first kappa shape index (κ1) is 20.2. The van der Waals surface area contributed by atoms with Crippen molar-refractivity contribution in [2.24, 2.45) is 4.99 Å². The predicted molar refractivity (Wildman–Crippen MR) is 115 cm³/mol. The zero-order valence-corrected chi connectivity index (χ0v) is 16.7. The average Bonchev–Trinajstić information content (AvgIpc) is 3.26. The molecule has 3 rings (SSSR count). The summed E-state index contributed by atoms with van der Waals surface area (Å²) < 4.78 is 5.24. The van der Waals surface area contributed by atoms with Crippen molar-refractivity contribution in [2.75, 3.05) is 7.05 Å². The van der Waals surface area contributed by atoms with Gasteiger partial charge in [-0.25, -0.2) is 0 Å². The van der Waals surface area contributed by atoms with E-state index in [-0.39, 0.29) is 5.91 Å². The monoisotopic (exact) mass is 390 g/mol. The van der Waals surface area contributed by atoms with E-state index in [2.05, 4.69) is 46.1 Å². The molecule has 150 valence electrons. The predicted octanol–water partition coefficient (Wildman–Crippen LogP) is 3.38. The molecule has 0 saturated carbocycles. The van der Waals surface area contributed by atoms with Gasteiger partial charge >= 0.3 is 0 Å². The second-order valence-electron chi connectivity index (χ2n) is 6.73. The van der Waals surface area contributed by atoms with Crippen LogP contribution in [-0.4, -0.2) is 18.9 Å². The van der Waals surface area contributed by atoms with Crippen LogP contribution in [0.1, 0.15) is 32.8 Å². The van der Waals surface area contributed by atoms with Crippen molar-refractivity contribution < 1.29 is 9.21 Å². The van der Waals surface area contributed by atoms with Crippen LogP contribution >= 0.6 is 0 Å². The third-order valence-corrected chi connectivity index (χ3v) is 4.42. The summed E-state index contributed by atoms with van der Waals surface area (Å²) in [5, 5.41) is 9.45. The molecule has 6 heteroatoms. The number of benzene rings is 2. The van der Waals surface area contributed by atoms with E-state index in [1.54, 1.807) is 25.4 Å². The highest BCUT2D eigenvalue weighted by molar-refractivity contribution is 5.94. The highest BCUT2D eigenvalue weighted by Crippen LogP contribution is 2.07. The second kappa shape index (κ2) is 10.1. The molecule has 2 aromatic carbocycles. The van der Waals surface area contributed by atoms with Crippen molar-refractivity contribution in [3.05, 3.63) is 94.9 Å². The summed E-state index contributed by atoms with van der Waals surface area (Å²) in [6.07, 6.45) is 1.59. The number of nitrogens with zero attached hydrogens (tertiary/aromatic N) is 1. The lowest BCUT2D eigenvalue weighted by molar-refractivity contribution is 0.0948. The van der Waals surface area contributed by atoms with Crippen LogP contribution in [0, 0.1) is 6.92 Å². The molecule has 0 saturated heterocycles. The Labute approximate surface area is 171 Å². The van der Waals surface area contributed by atoms with Crippen LogP contribution in [0.25, 0.3) is 0 Å². The van der Waals surface area contributed by atoms with Gasteiger partial charge in [0.1, 0.15) is 5.76 Å². The van der Waals surface area contributed by atoms with Gasteiger partial charge in [-0.15, -0.1) is 0 Å². The summed E-state index contributed by atoms with van der Waals surface area (Å²) in [6, 6.07) is 19.5. The molecule has 3 aromatic rings. The minimum atomic E-state index is -0.134. The van der Waals surface area contributed by atoms with E-state index in [4.69, 9.17) is 4.42 Å². The molecule has 0 radical (unpaired) electrons. The average molecular weight is 390 g/mol. The van der Waals surface area contributed by atoms with E-state index < -0.39 is 0 Å². The summed E-state index contributed by atoms with van der Waals surface area (Å²) in [5.74, 6) is 1.30. The van der Waals surface area contributed by atoms with E-state index >= 15 is 0 Å². The fraction of sp³-hybridized carbons (Fsp3) is 0.217. The maximum Gasteiger partial charge on any atom is 0.251 e. The van der Waals surface area contributed by atoms with Crippen LogP contribution in [0.5, 0.6) is 0 Å². The third-order valence-electron chi connectivity index (χ3n) is 4.42. The van der Waals surface area contributed by atoms with Crippen molar-refractivity contribution in [3.63, 3.8) is 0 Å². The standard InChI is InChI=1S/C23H26N4O2/c1-17-6-3-7-18(12-17)14-26-23(24-2)27-15-19-8-4-9-20(13-19)22(28)25-16-21-10-5-11-29-21/h3-13H,14-16H2,1-2H3,(H,25,28)(H2,24,26,27). The number of nitrogens with one attached hydrogen (secondary N) is 3. The van der Waals surface area contributed by atoms with Gasteiger partial charge in [-0.2, -0.15) is 0 Å². The Morgan fingerprint density at radius 3 is 2.28 bits per heavy atom. The van der Waals surface area contributed by atoms with Gasteiger partial charge in [0.15, 0.2) is 5.96 Å². The number of aryl methyl sites for hydroxylation is 1. The SMILES string of the molecule is CN=C(NCc1cccc(C)c1)NCc1cccc(C(=O)NCc2ccco2)c1. The number of carbonyl (C=O) groups excluding carboxylic acids is 1. The van der Waals surface area contributed by atoms with E-state index in [1.165, 1.54) is 11.1 Å². The van der Waals surface area contributed by atoms with Crippen LogP contribution in [0.3, 0.4) is 0 Å². The molecule has 3 N–H and O–H groups in total. The van der Waals surface area contributed by atoms with Gasteiger partial charge in [0.25, 0.3) is 5.91 Å². The first-order chi connectivity index (χ1) is 14.1. The van der Waals surface area contributed by atoms with Crippen LogP contribution in [0.4, 0.5) is 0 Å². The highest BCUT2D eigenvalue weighted by atomic mass is 16.3. The van der Waals surface area contributed by atoms with E-state index in [1.807, 2.05) is 30.3 Å². The van der Waals surface area contributed by atoms with E-state index in [9.17, 15) is 4.79 Å². The molecule has 0 fully saturated rings. The molecule has 0 aliphatic heterocycles. The molecule has 1 amide bonds. The maximum atomic E-state index is 12.4. The molecule has 0 aliphatic rings. The molecular weight excluding hydrogens is 364 g/mol. The van der Waals surface area contributed by atoms with Crippen LogP contribution in [0.15, 0.2) is 76.3 Å². The largest absolute Gasteiger partial charge is 0.467 e. The molecule has 29 heavy (non-hydrogen) atoms. The summed E-state index contributed by atoms with van der Waals surface area (Å²) in [5.41, 5.74) is 4.03. The van der Waals surface area contributed by atoms with Gasteiger partial charge in [-0.05, 0) is 42.3 Å². The van der Waals surface area contributed by atoms with Gasteiger partial charge in [-0.3, -0.25) is 9.79 Å². The lowest BCUT2D eigenvalue weighted by atomic mass is 10.1. The summed E-state index contributed by atoms with van der Waals surface area (Å²) >= 11 is 0. The highest BCUT2D eigenvalue weighted by Gasteiger charge is 2.07. The molecule has 6 nitrogen and oxygen atoms in total. The Kier molecular flexibility index (Phi) is 7.05. The molecule has 0 bridgehead atoms. The fourth-order valence-electron chi connectivity index (χ4n) is 2.92. The van der Waals surface area contributed by atoms with Crippen LogP contribution in [-0.2, 0) is 19.6 Å². The molecule has 1 heterocycles. The number of carbonyl (C=O) groups is 1. The van der Waals surface area contributed by atoms with Gasteiger partial charge in [-0.1, -0.05) is 42.0 Å². The van der Waals surface area contributed by atoms with Crippen LogP contribution in [0.2, 0.25) is 0 Å². The van der Waals surface area contributed by atoms with Crippen molar-refractivity contribution in [2.45, 2.75) is 26.6 Å². The van der Waals surface area contributed by atoms with Crippen molar-refractivity contribution >= 4 is 11.9 Å². The number of rotatable bonds is 7. The van der Waals surface area contributed by atoms with Gasteiger partial charge < -0.3 is 20.4 Å². The van der Waals surface area contributed by atoms with E-state index in [0.717, 1.165) is 11.3 Å². The minimum Gasteiger partial charge on any atom is -0.467 e. The van der Waals surface area contributed by atoms with Crippen molar-refractivity contribution in [1.29, 1.82) is 0 Å². The molecule has 0 atom stereocenters. The number of amides is 1. The minimum absolute atomic E-state index is 0.134. The van der Waals surface area contributed by atoms with Gasteiger partial charge in [0, 0.05) is 25.7 Å². The Morgan fingerprint density at radius 1 is 0.897 bits per heavy atom. The Bertz CT molecular complexity index is 965. The summed E-state index contributed by atoms with van der Waals surface area (Å²) in [6.45, 7) is 3.70. The van der Waals surface area contributed by atoms with Crippen molar-refractivity contribution in [1.82, 2.24) is 16.0 Å². The lowest BCUT2D eigenvalue weighted by Crippen LogP contribution is -2.36. The molecule has 0 spiro atoms. The van der Waals surface area contributed by atoms with Crippen LogP contribution < -0.4 is 16.0 Å². The lowest BCUT2D eigenvalue weighted by Gasteiger charge is -2.13. The first-order valence-electron chi connectivity index (χ1n) is 9.53. The smallest absolute Gasteiger partial charge is 0.251 e. The number of hydrogen-bond acceptors (Lipinski definition) is 3. The molecular formula is C23H26N4O2. The molecule has 1 aromatic heterocycles. The maximum absolute atomic E-state index is 12.4. The second-order valence-corrected chi connectivity index (χ2v) is 6.73. The number of aliphatic imine (C=N–C) groups is 1. The Balaban J connectivity index is 1.51. The quantitative estimate of drug-likeness (QED) is 0.427. The zero-order chi connectivity index (χ0) is 20.5. The van der Waals surface area contributed by atoms with Gasteiger partial charge in [0.2, 0.25) is 0 Å². The topological polar surface area (TPSA) is 78.7 Å². The first-order valence-corrected chi connectivity index (χ1v) is 9.53. The number of hydrogen-bond donors (Lipinski definition) is 3. The Morgan fingerprint density at radius 2 is 1.62 bits per heavy atom. The number of furan rings is 1. The third kappa shape index (κ3) is 6.24. The zero-order valence-electron chi connectivity index (χ0n) is 16.7. The van der Waals surface area contributed by atoms with E-state index in [0.29, 0.717) is 31.2 Å². The normalized spacial score (nSPS) is 11.2. The Hall–Kier alpha value is -3.54. The van der Waals surface area contributed by atoms with Gasteiger partial charge in [0.05, 0.1) is 12.8 Å². The number of guanidine groups is 1. The summed E-state index contributed by atoms with van der Waals surface area (Å²) in [7, 11) is 1.74. The molecule has 0 aliphatic carbocycles. The fourth-order valence-corrected chi connectivity index (χ4v) is 2.92. The summed E-state index contributed by atoms with van der Waals surface area (Å²) in [4.78, 5) is 16.6. The van der Waals surface area contributed by atoms with Crippen molar-refractivity contribution in [3.8, 4) is 0 Å².